The van der Waals surface area contributed by atoms with Crippen molar-refractivity contribution in [2.75, 3.05) is 5.32 Å². The molecule has 0 bridgehead atoms. The quantitative estimate of drug-likeness (QED) is 0.621. The molecule has 0 aliphatic carbocycles. The number of tetrazole rings is 1. The Morgan fingerprint density at radius 1 is 1.19 bits per heavy atom. The summed E-state index contributed by atoms with van der Waals surface area (Å²) in [5.41, 5.74) is 3.94. The van der Waals surface area contributed by atoms with Crippen molar-refractivity contribution in [3.05, 3.63) is 47.8 Å². The number of hydrogen-bond donors (Lipinski definition) is 3. The number of fused-ring (bicyclic) bond motifs is 1. The van der Waals surface area contributed by atoms with E-state index in [1.807, 2.05) is 42.6 Å². The first-order valence-corrected chi connectivity index (χ1v) is 6.36. The normalized spacial score (nSPS) is 15.2. The summed E-state index contributed by atoms with van der Waals surface area (Å²) in [4.78, 5) is 15.2. The average molecular weight is 278 g/mol. The van der Waals surface area contributed by atoms with Crippen molar-refractivity contribution in [2.24, 2.45) is 0 Å². The molecule has 21 heavy (non-hydrogen) atoms. The van der Waals surface area contributed by atoms with Crippen LogP contribution in [-0.2, 0) is 4.79 Å². The molecular weight excluding hydrogens is 268 g/mol. The molecule has 0 saturated heterocycles. The molecule has 1 aromatic carbocycles. The van der Waals surface area contributed by atoms with Crippen molar-refractivity contribution in [1.29, 1.82) is 0 Å². The maximum absolute atomic E-state index is 12.1. The lowest BCUT2D eigenvalue weighted by atomic mass is 10.0. The van der Waals surface area contributed by atoms with Crippen molar-refractivity contribution in [3.8, 4) is 11.4 Å². The number of rotatable bonds is 2. The van der Waals surface area contributed by atoms with Crippen LogP contribution in [0.2, 0.25) is 0 Å². The van der Waals surface area contributed by atoms with Gasteiger partial charge < -0.3 is 10.3 Å². The highest BCUT2D eigenvalue weighted by Gasteiger charge is 2.24. The smallest absolute Gasteiger partial charge is 0.256 e. The van der Waals surface area contributed by atoms with Crippen LogP contribution in [-0.4, -0.2) is 31.5 Å². The molecule has 1 aliphatic heterocycles. The van der Waals surface area contributed by atoms with Crippen LogP contribution in [0.25, 0.3) is 23.0 Å². The Bertz CT molecular complexity index is 832. The maximum Gasteiger partial charge on any atom is 0.256 e. The summed E-state index contributed by atoms with van der Waals surface area (Å²) >= 11 is 0. The summed E-state index contributed by atoms with van der Waals surface area (Å²) in [6.07, 6.45) is 3.64. The first-order valence-electron chi connectivity index (χ1n) is 6.36. The van der Waals surface area contributed by atoms with Crippen LogP contribution < -0.4 is 5.32 Å². The van der Waals surface area contributed by atoms with Crippen LogP contribution in [0.4, 0.5) is 5.69 Å². The van der Waals surface area contributed by atoms with Gasteiger partial charge in [-0.1, -0.05) is 0 Å². The van der Waals surface area contributed by atoms with Crippen LogP contribution >= 0.6 is 0 Å². The Morgan fingerprint density at radius 3 is 2.90 bits per heavy atom. The van der Waals surface area contributed by atoms with E-state index in [-0.39, 0.29) is 5.91 Å². The SMILES string of the molecule is O=C1Nc2ccc(-c3nnn[nH]3)cc2C1=Cc1ccc[nH]1. The minimum Gasteiger partial charge on any atom is -0.362 e. The molecule has 7 nitrogen and oxygen atoms in total. The molecule has 3 heterocycles. The second kappa shape index (κ2) is 4.41. The Balaban J connectivity index is 1.84. The monoisotopic (exact) mass is 278 g/mol. The number of benzene rings is 1. The number of anilines is 1. The molecule has 0 saturated carbocycles. The number of amides is 1. The van der Waals surface area contributed by atoms with Crippen molar-refractivity contribution in [3.63, 3.8) is 0 Å². The van der Waals surface area contributed by atoms with Crippen LogP contribution in [0.15, 0.2) is 36.5 Å². The zero-order valence-electron chi connectivity index (χ0n) is 10.8. The summed E-state index contributed by atoms with van der Waals surface area (Å²) in [5, 5.41) is 16.6. The van der Waals surface area contributed by atoms with Crippen molar-refractivity contribution in [2.45, 2.75) is 0 Å². The van der Waals surface area contributed by atoms with Gasteiger partial charge in [-0.25, -0.2) is 5.10 Å². The average Bonchev–Trinajstić information content (AvgIpc) is 3.22. The first-order chi connectivity index (χ1) is 10.3. The van der Waals surface area contributed by atoms with Gasteiger partial charge in [0.1, 0.15) is 0 Å². The predicted octanol–water partition coefficient (Wildman–Crippen LogP) is 1.69. The predicted molar refractivity (Wildman–Crippen MR) is 76.9 cm³/mol. The zero-order valence-corrected chi connectivity index (χ0v) is 10.8. The Labute approximate surface area is 119 Å². The van der Waals surface area contributed by atoms with Gasteiger partial charge in [-0.15, -0.1) is 5.10 Å². The van der Waals surface area contributed by atoms with Gasteiger partial charge in [0.15, 0.2) is 5.82 Å². The Morgan fingerprint density at radius 2 is 2.14 bits per heavy atom. The zero-order chi connectivity index (χ0) is 14.2. The van der Waals surface area contributed by atoms with E-state index in [9.17, 15) is 4.79 Å². The van der Waals surface area contributed by atoms with Crippen LogP contribution in [0, 0.1) is 0 Å². The minimum absolute atomic E-state index is 0.118. The highest BCUT2D eigenvalue weighted by molar-refractivity contribution is 6.35. The maximum atomic E-state index is 12.1. The molecule has 0 unspecified atom stereocenters. The molecule has 1 aliphatic rings. The molecule has 3 aromatic rings. The van der Waals surface area contributed by atoms with Gasteiger partial charge in [0.25, 0.3) is 5.91 Å². The first kappa shape index (κ1) is 11.6. The molecule has 4 rings (SSSR count). The summed E-state index contributed by atoms with van der Waals surface area (Å²) < 4.78 is 0. The van der Waals surface area contributed by atoms with E-state index in [0.717, 1.165) is 22.5 Å². The Kier molecular flexibility index (Phi) is 2.43. The topological polar surface area (TPSA) is 99.3 Å². The third kappa shape index (κ3) is 1.91. The lowest BCUT2D eigenvalue weighted by Gasteiger charge is -2.01. The van der Waals surface area contributed by atoms with Crippen molar-refractivity contribution in [1.82, 2.24) is 25.6 Å². The highest BCUT2D eigenvalue weighted by Crippen LogP contribution is 2.35. The molecule has 3 N–H and O–H groups in total. The van der Waals surface area contributed by atoms with E-state index < -0.39 is 0 Å². The van der Waals surface area contributed by atoms with E-state index in [0.29, 0.717) is 11.4 Å². The molecule has 0 atom stereocenters. The molecule has 1 amide bonds. The number of aromatic nitrogens is 5. The fraction of sp³-hybridized carbons (Fsp3) is 0. The Hall–Kier alpha value is -3.22. The standard InChI is InChI=1S/C14H10N6O/c21-14-11(7-9-2-1-5-15-9)10-6-8(3-4-12(10)16-14)13-17-19-20-18-13/h1-7,15H,(H,16,21)(H,17,18,19,20). The largest absolute Gasteiger partial charge is 0.362 e. The van der Waals surface area contributed by atoms with Crippen molar-refractivity contribution < 1.29 is 4.79 Å². The van der Waals surface area contributed by atoms with Gasteiger partial charge in [-0.2, -0.15) is 0 Å². The van der Waals surface area contributed by atoms with Crippen LogP contribution in [0.1, 0.15) is 11.3 Å². The van der Waals surface area contributed by atoms with Crippen LogP contribution in [0.5, 0.6) is 0 Å². The summed E-state index contributed by atoms with van der Waals surface area (Å²) in [5.74, 6) is 0.448. The second-order valence-electron chi connectivity index (χ2n) is 4.65. The van der Waals surface area contributed by atoms with E-state index in [1.54, 1.807) is 0 Å². The third-order valence-electron chi connectivity index (χ3n) is 3.34. The van der Waals surface area contributed by atoms with Gasteiger partial charge in [-0.3, -0.25) is 4.79 Å². The van der Waals surface area contributed by atoms with E-state index in [2.05, 4.69) is 30.9 Å². The lowest BCUT2D eigenvalue weighted by molar-refractivity contribution is -0.110. The number of carbonyl (C=O) groups is 1. The van der Waals surface area contributed by atoms with E-state index in [1.165, 1.54) is 0 Å². The molecule has 2 aromatic heterocycles. The fourth-order valence-electron chi connectivity index (χ4n) is 2.35. The van der Waals surface area contributed by atoms with Gasteiger partial charge in [0, 0.05) is 28.7 Å². The number of aromatic amines is 2. The number of carbonyl (C=O) groups excluding carboxylic acids is 1. The third-order valence-corrected chi connectivity index (χ3v) is 3.34. The van der Waals surface area contributed by atoms with E-state index in [4.69, 9.17) is 0 Å². The lowest BCUT2D eigenvalue weighted by Crippen LogP contribution is -2.03. The summed E-state index contributed by atoms with van der Waals surface area (Å²) in [6.45, 7) is 0. The van der Waals surface area contributed by atoms with Gasteiger partial charge >= 0.3 is 0 Å². The number of nitrogens with zero attached hydrogens (tertiary/aromatic N) is 3. The molecule has 0 spiro atoms. The molecule has 7 heteroatoms. The summed E-state index contributed by atoms with van der Waals surface area (Å²) in [7, 11) is 0. The minimum atomic E-state index is -0.118. The molecule has 0 fully saturated rings. The van der Waals surface area contributed by atoms with Gasteiger partial charge in [0.2, 0.25) is 0 Å². The molecular formula is C14H10N6O. The number of nitrogens with one attached hydrogen (secondary N) is 3. The van der Waals surface area contributed by atoms with Crippen LogP contribution in [0.3, 0.4) is 0 Å². The fourth-order valence-corrected chi connectivity index (χ4v) is 2.35. The van der Waals surface area contributed by atoms with Gasteiger partial charge in [-0.05, 0) is 46.8 Å². The van der Waals surface area contributed by atoms with Crippen molar-refractivity contribution >= 4 is 23.2 Å². The van der Waals surface area contributed by atoms with Gasteiger partial charge in [0.05, 0.1) is 5.57 Å². The number of H-pyrrole nitrogens is 2. The number of hydrogen-bond acceptors (Lipinski definition) is 4. The highest BCUT2D eigenvalue weighted by atomic mass is 16.2. The molecule has 0 radical (unpaired) electrons. The molecule has 102 valence electrons. The second-order valence-corrected chi connectivity index (χ2v) is 4.65. The summed E-state index contributed by atoms with van der Waals surface area (Å²) in [6, 6.07) is 9.39. The van der Waals surface area contributed by atoms with E-state index >= 15 is 0 Å².